The van der Waals surface area contributed by atoms with Crippen LogP contribution in [-0.4, -0.2) is 15.3 Å². The Balaban J connectivity index is 1.92. The van der Waals surface area contributed by atoms with Crippen LogP contribution in [-0.2, 0) is 6.54 Å². The fourth-order valence-electron chi connectivity index (χ4n) is 1.53. The molecule has 0 atom stereocenters. The van der Waals surface area contributed by atoms with Crippen molar-refractivity contribution >= 4 is 29.1 Å². The van der Waals surface area contributed by atoms with E-state index in [0.717, 1.165) is 28.0 Å². The van der Waals surface area contributed by atoms with Crippen LogP contribution in [0.25, 0.3) is 0 Å². The molecule has 90 valence electrons. The lowest BCUT2D eigenvalue weighted by atomic mass is 10.3. The van der Waals surface area contributed by atoms with Crippen LogP contribution in [0.15, 0.2) is 35.5 Å². The summed E-state index contributed by atoms with van der Waals surface area (Å²) in [5.74, 6) is 2.00. The molecule has 1 aromatic heterocycles. The number of nitrogens with zero attached hydrogens (tertiary/aromatic N) is 2. The molecule has 0 aliphatic carbocycles. The summed E-state index contributed by atoms with van der Waals surface area (Å²) in [7, 11) is 0. The number of nitrogen functional groups attached to an aromatic ring is 1. The van der Waals surface area contributed by atoms with Crippen molar-refractivity contribution in [2.75, 3.05) is 11.5 Å². The van der Waals surface area contributed by atoms with Crippen LogP contribution in [0.5, 0.6) is 0 Å². The number of rotatable bonds is 4. The first kappa shape index (κ1) is 12.3. The highest BCUT2D eigenvalue weighted by molar-refractivity contribution is 7.99. The lowest BCUT2D eigenvalue weighted by molar-refractivity contribution is 0.738. The fourth-order valence-corrected chi connectivity index (χ4v) is 2.75. The molecule has 1 aromatic carbocycles. The summed E-state index contributed by atoms with van der Waals surface area (Å²) < 4.78 is 2.12. The first-order valence-electron chi connectivity index (χ1n) is 5.32. The van der Waals surface area contributed by atoms with Crippen LogP contribution in [0.2, 0.25) is 5.02 Å². The van der Waals surface area contributed by atoms with Gasteiger partial charge in [-0.25, -0.2) is 4.98 Å². The van der Waals surface area contributed by atoms with Crippen molar-refractivity contribution in [3.05, 3.63) is 41.4 Å². The van der Waals surface area contributed by atoms with E-state index in [1.54, 1.807) is 17.8 Å². The number of hydrogen-bond donors (Lipinski definition) is 1. The summed E-state index contributed by atoms with van der Waals surface area (Å²) in [6, 6.07) is 5.62. The quantitative estimate of drug-likeness (QED) is 0.683. The van der Waals surface area contributed by atoms with Crippen LogP contribution in [0.1, 0.15) is 5.82 Å². The Morgan fingerprint density at radius 1 is 1.47 bits per heavy atom. The van der Waals surface area contributed by atoms with Gasteiger partial charge in [-0.05, 0) is 25.1 Å². The smallest absolute Gasteiger partial charge is 0.105 e. The molecule has 0 aliphatic heterocycles. The van der Waals surface area contributed by atoms with Gasteiger partial charge in [-0.3, -0.25) is 0 Å². The van der Waals surface area contributed by atoms with Gasteiger partial charge in [0.15, 0.2) is 0 Å². The molecule has 0 unspecified atom stereocenters. The zero-order valence-electron chi connectivity index (χ0n) is 9.56. The fraction of sp³-hybridized carbons (Fsp3) is 0.250. The second-order valence-electron chi connectivity index (χ2n) is 3.71. The van der Waals surface area contributed by atoms with E-state index in [0.29, 0.717) is 5.69 Å². The highest BCUT2D eigenvalue weighted by atomic mass is 35.5. The van der Waals surface area contributed by atoms with Crippen LogP contribution in [0.3, 0.4) is 0 Å². The highest BCUT2D eigenvalue weighted by Gasteiger charge is 2.02. The summed E-state index contributed by atoms with van der Waals surface area (Å²) >= 11 is 7.83. The first-order valence-corrected chi connectivity index (χ1v) is 6.69. The molecule has 2 N–H and O–H groups in total. The number of anilines is 1. The van der Waals surface area contributed by atoms with Crippen LogP contribution in [0, 0.1) is 6.92 Å². The number of hydrogen-bond acceptors (Lipinski definition) is 3. The Hall–Kier alpha value is -1.13. The summed E-state index contributed by atoms with van der Waals surface area (Å²) in [4.78, 5) is 5.25. The molecule has 0 fully saturated rings. The number of aryl methyl sites for hydroxylation is 2. The van der Waals surface area contributed by atoms with E-state index in [2.05, 4.69) is 9.55 Å². The van der Waals surface area contributed by atoms with Gasteiger partial charge in [-0.15, -0.1) is 11.8 Å². The molecule has 0 saturated carbocycles. The molecule has 0 bridgehead atoms. The van der Waals surface area contributed by atoms with Crippen molar-refractivity contribution in [2.24, 2.45) is 0 Å². The molecule has 0 spiro atoms. The Kier molecular flexibility index (Phi) is 3.97. The average molecular weight is 268 g/mol. The average Bonchev–Trinajstić information content (AvgIpc) is 2.68. The van der Waals surface area contributed by atoms with Crippen LogP contribution in [0.4, 0.5) is 5.69 Å². The van der Waals surface area contributed by atoms with Gasteiger partial charge in [0.05, 0.1) is 5.02 Å². The van der Waals surface area contributed by atoms with Crippen molar-refractivity contribution in [3.8, 4) is 0 Å². The van der Waals surface area contributed by atoms with E-state index in [9.17, 15) is 0 Å². The zero-order valence-corrected chi connectivity index (χ0v) is 11.1. The standard InChI is InChI=1S/C12H14ClN3S/c1-9-15-4-5-16(9)6-7-17-12-3-2-10(14)8-11(12)13/h2-5,8H,6-7,14H2,1H3. The third-order valence-electron chi connectivity index (χ3n) is 2.47. The molecular weight excluding hydrogens is 254 g/mol. The molecule has 17 heavy (non-hydrogen) atoms. The number of benzene rings is 1. The molecule has 0 amide bonds. The number of aromatic nitrogens is 2. The molecule has 0 saturated heterocycles. The van der Waals surface area contributed by atoms with E-state index >= 15 is 0 Å². The topological polar surface area (TPSA) is 43.8 Å². The van der Waals surface area contributed by atoms with Crippen molar-refractivity contribution < 1.29 is 0 Å². The Morgan fingerprint density at radius 2 is 2.29 bits per heavy atom. The number of thioether (sulfide) groups is 1. The lowest BCUT2D eigenvalue weighted by Crippen LogP contribution is -2.01. The summed E-state index contributed by atoms with van der Waals surface area (Å²) in [5.41, 5.74) is 6.35. The summed E-state index contributed by atoms with van der Waals surface area (Å²) in [5, 5.41) is 0.720. The predicted octanol–water partition coefficient (Wildman–Crippen LogP) is 3.22. The van der Waals surface area contributed by atoms with Gasteiger partial charge in [0.2, 0.25) is 0 Å². The highest BCUT2D eigenvalue weighted by Crippen LogP contribution is 2.28. The van der Waals surface area contributed by atoms with Gasteiger partial charge in [0, 0.05) is 35.3 Å². The predicted molar refractivity (Wildman–Crippen MR) is 73.6 cm³/mol. The number of nitrogens with two attached hydrogens (primary N) is 1. The molecule has 3 nitrogen and oxygen atoms in total. The molecule has 0 aliphatic rings. The number of halogens is 1. The van der Waals surface area contributed by atoms with E-state index in [1.807, 2.05) is 31.5 Å². The maximum Gasteiger partial charge on any atom is 0.105 e. The SMILES string of the molecule is Cc1nccn1CCSc1ccc(N)cc1Cl. The van der Waals surface area contributed by atoms with Gasteiger partial charge in [-0.2, -0.15) is 0 Å². The Bertz CT molecular complexity index is 510. The largest absolute Gasteiger partial charge is 0.399 e. The minimum absolute atomic E-state index is 0.699. The minimum Gasteiger partial charge on any atom is -0.399 e. The Morgan fingerprint density at radius 3 is 2.94 bits per heavy atom. The molecule has 2 rings (SSSR count). The van der Waals surface area contributed by atoms with E-state index in [1.165, 1.54) is 0 Å². The second kappa shape index (κ2) is 5.47. The first-order chi connectivity index (χ1) is 8.16. The molecule has 2 aromatic rings. The maximum absolute atomic E-state index is 6.10. The third-order valence-corrected chi connectivity index (χ3v) is 3.95. The minimum atomic E-state index is 0.699. The second-order valence-corrected chi connectivity index (χ2v) is 5.25. The van der Waals surface area contributed by atoms with Crippen LogP contribution < -0.4 is 5.73 Å². The van der Waals surface area contributed by atoms with Crippen LogP contribution >= 0.6 is 23.4 Å². The van der Waals surface area contributed by atoms with Crippen molar-refractivity contribution in [1.29, 1.82) is 0 Å². The summed E-state index contributed by atoms with van der Waals surface area (Å²) in [6.07, 6.45) is 3.80. The number of imidazole rings is 1. The Labute approximate surface area is 110 Å². The molecular formula is C12H14ClN3S. The summed E-state index contributed by atoms with van der Waals surface area (Å²) in [6.45, 7) is 2.93. The molecule has 5 heteroatoms. The third kappa shape index (κ3) is 3.17. The van der Waals surface area contributed by atoms with Gasteiger partial charge >= 0.3 is 0 Å². The van der Waals surface area contributed by atoms with Crippen molar-refractivity contribution in [1.82, 2.24) is 9.55 Å². The normalized spacial score (nSPS) is 10.7. The zero-order chi connectivity index (χ0) is 12.3. The van der Waals surface area contributed by atoms with Crippen molar-refractivity contribution in [2.45, 2.75) is 18.4 Å². The van der Waals surface area contributed by atoms with Gasteiger partial charge in [-0.1, -0.05) is 11.6 Å². The van der Waals surface area contributed by atoms with E-state index in [4.69, 9.17) is 17.3 Å². The van der Waals surface area contributed by atoms with Gasteiger partial charge in [0.1, 0.15) is 5.82 Å². The van der Waals surface area contributed by atoms with Gasteiger partial charge in [0.25, 0.3) is 0 Å². The maximum atomic E-state index is 6.10. The molecule has 1 heterocycles. The molecule has 0 radical (unpaired) electrons. The lowest BCUT2D eigenvalue weighted by Gasteiger charge is -2.06. The van der Waals surface area contributed by atoms with Gasteiger partial charge < -0.3 is 10.3 Å². The van der Waals surface area contributed by atoms with E-state index < -0.39 is 0 Å². The monoisotopic (exact) mass is 267 g/mol. The van der Waals surface area contributed by atoms with Crippen molar-refractivity contribution in [3.63, 3.8) is 0 Å². The van der Waals surface area contributed by atoms with E-state index in [-0.39, 0.29) is 0 Å².